The van der Waals surface area contributed by atoms with Crippen LogP contribution in [0.5, 0.6) is 0 Å². The van der Waals surface area contributed by atoms with Crippen molar-refractivity contribution in [1.29, 1.82) is 0 Å². The Bertz CT molecular complexity index is 849. The van der Waals surface area contributed by atoms with E-state index in [0.717, 1.165) is 23.2 Å². The van der Waals surface area contributed by atoms with Crippen molar-refractivity contribution in [3.05, 3.63) is 71.2 Å². The van der Waals surface area contributed by atoms with E-state index in [9.17, 15) is 4.39 Å². The van der Waals surface area contributed by atoms with Crippen LogP contribution in [0.15, 0.2) is 48.7 Å². The Kier molecular flexibility index (Phi) is 5.18. The van der Waals surface area contributed by atoms with Gasteiger partial charge in [-0.25, -0.2) is 4.39 Å². The number of benzene rings is 2. The van der Waals surface area contributed by atoms with E-state index in [1.807, 2.05) is 19.1 Å². The lowest BCUT2D eigenvalue weighted by Crippen LogP contribution is -2.09. The van der Waals surface area contributed by atoms with E-state index in [-0.39, 0.29) is 5.82 Å². The molecule has 0 aliphatic rings. The largest absolute Gasteiger partial charge is 0.368 e. The number of rotatable bonds is 6. The van der Waals surface area contributed by atoms with Crippen molar-refractivity contribution in [3.8, 4) is 0 Å². The number of anilines is 3. The standard InChI is InChI=1S/C19H20FN5/c1-13-3-8-17(14(2)11-13)23-19-24-18(12-22-25-19)21-10-9-15-4-6-16(20)7-5-15/h3-8,11-12H,9-10H2,1-2H3,(H2,21,23,24,25). The molecule has 0 atom stereocenters. The third kappa shape index (κ3) is 4.73. The summed E-state index contributed by atoms with van der Waals surface area (Å²) in [5.74, 6) is 0.863. The molecule has 5 nitrogen and oxygen atoms in total. The molecule has 0 saturated heterocycles. The maximum atomic E-state index is 12.9. The zero-order valence-electron chi connectivity index (χ0n) is 14.3. The Hall–Kier alpha value is -3.02. The first-order valence-corrected chi connectivity index (χ1v) is 8.12. The average Bonchev–Trinajstić information content (AvgIpc) is 2.60. The summed E-state index contributed by atoms with van der Waals surface area (Å²) in [6.45, 7) is 4.77. The summed E-state index contributed by atoms with van der Waals surface area (Å²) in [5.41, 5.74) is 4.34. The molecule has 0 unspecified atom stereocenters. The normalized spacial score (nSPS) is 10.5. The van der Waals surface area contributed by atoms with Crippen molar-refractivity contribution in [2.45, 2.75) is 20.3 Å². The number of aromatic nitrogens is 3. The molecule has 2 aromatic carbocycles. The molecule has 0 saturated carbocycles. The van der Waals surface area contributed by atoms with Crippen molar-refractivity contribution in [2.75, 3.05) is 17.2 Å². The fraction of sp³-hybridized carbons (Fsp3) is 0.211. The van der Waals surface area contributed by atoms with Gasteiger partial charge in [0.05, 0.1) is 6.20 Å². The summed E-state index contributed by atoms with van der Waals surface area (Å²) in [7, 11) is 0. The fourth-order valence-corrected chi connectivity index (χ4v) is 2.50. The minimum Gasteiger partial charge on any atom is -0.368 e. The van der Waals surface area contributed by atoms with E-state index < -0.39 is 0 Å². The van der Waals surface area contributed by atoms with Crippen molar-refractivity contribution < 1.29 is 4.39 Å². The molecule has 6 heteroatoms. The third-order valence-corrected chi connectivity index (χ3v) is 3.82. The minimum atomic E-state index is -0.223. The molecule has 128 valence electrons. The molecule has 2 N–H and O–H groups in total. The first kappa shape index (κ1) is 16.8. The second-order valence-corrected chi connectivity index (χ2v) is 5.91. The lowest BCUT2D eigenvalue weighted by molar-refractivity contribution is 0.627. The first-order valence-electron chi connectivity index (χ1n) is 8.12. The molecule has 25 heavy (non-hydrogen) atoms. The Morgan fingerprint density at radius 3 is 2.60 bits per heavy atom. The third-order valence-electron chi connectivity index (χ3n) is 3.82. The number of hydrogen-bond donors (Lipinski definition) is 2. The molecule has 3 rings (SSSR count). The second kappa shape index (κ2) is 7.70. The Morgan fingerprint density at radius 1 is 1.04 bits per heavy atom. The summed E-state index contributed by atoms with van der Waals surface area (Å²) in [6, 6.07) is 12.6. The van der Waals surface area contributed by atoms with Crippen LogP contribution in [0.1, 0.15) is 16.7 Å². The van der Waals surface area contributed by atoms with Crippen LogP contribution in [-0.2, 0) is 6.42 Å². The summed E-state index contributed by atoms with van der Waals surface area (Å²) in [5, 5.41) is 14.4. The topological polar surface area (TPSA) is 62.7 Å². The maximum Gasteiger partial charge on any atom is 0.249 e. The van der Waals surface area contributed by atoms with Gasteiger partial charge in [-0.15, -0.1) is 5.10 Å². The van der Waals surface area contributed by atoms with Crippen LogP contribution in [0.3, 0.4) is 0 Å². The zero-order chi connectivity index (χ0) is 17.6. The monoisotopic (exact) mass is 337 g/mol. The van der Waals surface area contributed by atoms with Gasteiger partial charge >= 0.3 is 0 Å². The molecule has 1 aromatic heterocycles. The van der Waals surface area contributed by atoms with E-state index in [4.69, 9.17) is 0 Å². The van der Waals surface area contributed by atoms with Crippen LogP contribution < -0.4 is 10.6 Å². The summed E-state index contributed by atoms with van der Waals surface area (Å²) in [4.78, 5) is 4.42. The summed E-state index contributed by atoms with van der Waals surface area (Å²) in [6.07, 6.45) is 2.35. The highest BCUT2D eigenvalue weighted by atomic mass is 19.1. The fourth-order valence-electron chi connectivity index (χ4n) is 2.50. The van der Waals surface area contributed by atoms with Gasteiger partial charge in [-0.3, -0.25) is 0 Å². The van der Waals surface area contributed by atoms with Gasteiger partial charge in [0.25, 0.3) is 0 Å². The van der Waals surface area contributed by atoms with Gasteiger partial charge in [0.2, 0.25) is 5.95 Å². The smallest absolute Gasteiger partial charge is 0.249 e. The van der Waals surface area contributed by atoms with Crippen molar-refractivity contribution in [1.82, 2.24) is 15.2 Å². The number of nitrogens with one attached hydrogen (secondary N) is 2. The number of hydrogen-bond acceptors (Lipinski definition) is 5. The number of aryl methyl sites for hydroxylation is 2. The molecule has 0 spiro atoms. The van der Waals surface area contributed by atoms with Crippen molar-refractivity contribution in [2.24, 2.45) is 0 Å². The molecular weight excluding hydrogens is 317 g/mol. The average molecular weight is 337 g/mol. The van der Waals surface area contributed by atoms with Crippen LogP contribution in [0.2, 0.25) is 0 Å². The summed E-state index contributed by atoms with van der Waals surface area (Å²) >= 11 is 0. The van der Waals surface area contributed by atoms with E-state index in [0.29, 0.717) is 18.3 Å². The van der Waals surface area contributed by atoms with Gasteiger partial charge in [-0.2, -0.15) is 10.1 Å². The van der Waals surface area contributed by atoms with E-state index >= 15 is 0 Å². The Balaban J connectivity index is 1.60. The van der Waals surface area contributed by atoms with Gasteiger partial charge in [-0.05, 0) is 49.6 Å². The van der Waals surface area contributed by atoms with Crippen LogP contribution in [0.25, 0.3) is 0 Å². The summed E-state index contributed by atoms with van der Waals surface area (Å²) < 4.78 is 12.9. The van der Waals surface area contributed by atoms with Gasteiger partial charge in [0.15, 0.2) is 5.82 Å². The highest BCUT2D eigenvalue weighted by molar-refractivity contribution is 5.59. The molecule has 0 radical (unpaired) electrons. The second-order valence-electron chi connectivity index (χ2n) is 5.91. The SMILES string of the molecule is Cc1ccc(Nc2nncc(NCCc3ccc(F)cc3)n2)c(C)c1. The predicted molar refractivity (Wildman–Crippen MR) is 97.6 cm³/mol. The molecule has 0 amide bonds. The lowest BCUT2D eigenvalue weighted by atomic mass is 10.1. The molecule has 0 aliphatic heterocycles. The molecule has 3 aromatic rings. The Morgan fingerprint density at radius 2 is 1.84 bits per heavy atom. The first-order chi connectivity index (χ1) is 12.1. The van der Waals surface area contributed by atoms with E-state index in [2.05, 4.69) is 38.8 Å². The highest BCUT2D eigenvalue weighted by Crippen LogP contribution is 2.19. The maximum absolute atomic E-state index is 12.9. The molecule has 1 heterocycles. The van der Waals surface area contributed by atoms with Crippen LogP contribution >= 0.6 is 0 Å². The van der Waals surface area contributed by atoms with E-state index in [1.165, 1.54) is 17.7 Å². The van der Waals surface area contributed by atoms with Gasteiger partial charge < -0.3 is 10.6 Å². The Labute approximate surface area is 146 Å². The van der Waals surface area contributed by atoms with Crippen molar-refractivity contribution in [3.63, 3.8) is 0 Å². The molecule has 0 aliphatic carbocycles. The molecule has 0 bridgehead atoms. The quantitative estimate of drug-likeness (QED) is 0.711. The van der Waals surface area contributed by atoms with Crippen LogP contribution in [0.4, 0.5) is 21.8 Å². The van der Waals surface area contributed by atoms with E-state index in [1.54, 1.807) is 18.3 Å². The molecular formula is C19H20FN5. The van der Waals surface area contributed by atoms with Gasteiger partial charge in [0.1, 0.15) is 5.82 Å². The van der Waals surface area contributed by atoms with Gasteiger partial charge in [-0.1, -0.05) is 29.8 Å². The van der Waals surface area contributed by atoms with Crippen LogP contribution in [0, 0.1) is 19.7 Å². The number of nitrogens with zero attached hydrogens (tertiary/aromatic N) is 3. The van der Waals surface area contributed by atoms with Crippen LogP contribution in [-0.4, -0.2) is 21.7 Å². The zero-order valence-corrected chi connectivity index (χ0v) is 14.3. The lowest BCUT2D eigenvalue weighted by Gasteiger charge is -2.10. The number of halogens is 1. The minimum absolute atomic E-state index is 0.223. The molecule has 0 fully saturated rings. The van der Waals surface area contributed by atoms with Gasteiger partial charge in [0, 0.05) is 12.2 Å². The van der Waals surface area contributed by atoms with Crippen molar-refractivity contribution >= 4 is 17.5 Å². The highest BCUT2D eigenvalue weighted by Gasteiger charge is 2.04. The predicted octanol–water partition coefficient (Wildman–Crippen LogP) is 4.03.